The molecule has 0 spiro atoms. The highest BCUT2D eigenvalue weighted by Crippen LogP contribution is 2.20. The quantitative estimate of drug-likeness (QED) is 0.782. The zero-order valence-corrected chi connectivity index (χ0v) is 10.9. The zero-order valence-electron chi connectivity index (χ0n) is 8.59. The van der Waals surface area contributed by atoms with Crippen LogP contribution in [0.2, 0.25) is 0 Å². The number of ether oxygens (including phenoxy) is 1. The lowest BCUT2D eigenvalue weighted by Gasteiger charge is -2.23. The fourth-order valence-electron chi connectivity index (χ4n) is 1.35. The van der Waals surface area contributed by atoms with Crippen LogP contribution in [0.5, 0.6) is 0 Å². The minimum Gasteiger partial charge on any atom is -0.447 e. The van der Waals surface area contributed by atoms with Crippen LogP contribution < -0.4 is 0 Å². The van der Waals surface area contributed by atoms with E-state index in [4.69, 9.17) is 16.3 Å². The van der Waals surface area contributed by atoms with Gasteiger partial charge in [0.2, 0.25) is 0 Å². The summed E-state index contributed by atoms with van der Waals surface area (Å²) in [6.07, 6.45) is 0.638. The van der Waals surface area contributed by atoms with Crippen molar-refractivity contribution in [1.29, 1.82) is 0 Å². The van der Waals surface area contributed by atoms with E-state index in [1.807, 2.05) is 38.1 Å². The van der Waals surface area contributed by atoms with Gasteiger partial charge in [-0.1, -0.05) is 28.1 Å². The Kier molecular flexibility index (Phi) is 4.17. The Morgan fingerprint density at radius 3 is 2.40 bits per heavy atom. The lowest BCUT2D eigenvalue weighted by atomic mass is 9.99. The van der Waals surface area contributed by atoms with Crippen molar-refractivity contribution in [2.24, 2.45) is 0 Å². The average molecular weight is 292 g/mol. The highest BCUT2D eigenvalue weighted by molar-refractivity contribution is 9.10. The van der Waals surface area contributed by atoms with Crippen molar-refractivity contribution in [2.75, 3.05) is 0 Å². The van der Waals surface area contributed by atoms with Crippen LogP contribution >= 0.6 is 27.5 Å². The van der Waals surface area contributed by atoms with Gasteiger partial charge in [-0.25, -0.2) is 4.79 Å². The van der Waals surface area contributed by atoms with E-state index in [0.717, 1.165) is 10.0 Å². The average Bonchev–Trinajstić information content (AvgIpc) is 2.06. The predicted molar refractivity (Wildman–Crippen MR) is 64.3 cm³/mol. The maximum atomic E-state index is 10.6. The molecule has 1 aromatic rings. The molecule has 0 heterocycles. The van der Waals surface area contributed by atoms with E-state index in [1.165, 1.54) is 0 Å². The van der Waals surface area contributed by atoms with Gasteiger partial charge in [0.05, 0.1) is 0 Å². The van der Waals surface area contributed by atoms with Gasteiger partial charge in [-0.15, -0.1) is 0 Å². The standard InChI is InChI=1S/C11H12BrClO2/c1-11(2,15-10(13)14)7-8-3-5-9(12)6-4-8/h3-6H,7H2,1-2H3. The van der Waals surface area contributed by atoms with Gasteiger partial charge in [0, 0.05) is 22.5 Å². The highest BCUT2D eigenvalue weighted by atomic mass is 79.9. The normalized spacial score (nSPS) is 11.2. The first-order valence-corrected chi connectivity index (χ1v) is 5.69. The molecular weight excluding hydrogens is 279 g/mol. The lowest BCUT2D eigenvalue weighted by Crippen LogP contribution is -2.28. The molecule has 15 heavy (non-hydrogen) atoms. The van der Waals surface area contributed by atoms with Crippen molar-refractivity contribution >= 4 is 33.0 Å². The van der Waals surface area contributed by atoms with Gasteiger partial charge in [-0.05, 0) is 31.5 Å². The molecule has 0 amide bonds. The molecule has 0 aliphatic carbocycles. The number of benzene rings is 1. The van der Waals surface area contributed by atoms with Crippen molar-refractivity contribution < 1.29 is 9.53 Å². The number of carbonyl (C=O) groups excluding carboxylic acids is 1. The molecule has 1 rings (SSSR count). The van der Waals surface area contributed by atoms with Gasteiger partial charge < -0.3 is 4.74 Å². The van der Waals surface area contributed by atoms with Crippen LogP contribution in [0.25, 0.3) is 0 Å². The van der Waals surface area contributed by atoms with Crippen molar-refractivity contribution in [1.82, 2.24) is 0 Å². The molecule has 0 saturated heterocycles. The Morgan fingerprint density at radius 1 is 1.40 bits per heavy atom. The third-order valence-electron chi connectivity index (χ3n) is 1.90. The monoisotopic (exact) mass is 290 g/mol. The summed E-state index contributed by atoms with van der Waals surface area (Å²) in [7, 11) is 0. The second kappa shape index (κ2) is 4.99. The van der Waals surface area contributed by atoms with Gasteiger partial charge in [0.25, 0.3) is 0 Å². The number of halogens is 2. The van der Waals surface area contributed by atoms with Crippen LogP contribution in [0.3, 0.4) is 0 Å². The van der Waals surface area contributed by atoms with Crippen LogP contribution in [0.1, 0.15) is 19.4 Å². The molecule has 0 unspecified atom stereocenters. The topological polar surface area (TPSA) is 26.3 Å². The van der Waals surface area contributed by atoms with Crippen LogP contribution in [-0.4, -0.2) is 11.0 Å². The molecular formula is C11H12BrClO2. The Balaban J connectivity index is 2.68. The number of hydrogen-bond donors (Lipinski definition) is 0. The Labute approximate surface area is 103 Å². The molecule has 82 valence electrons. The molecule has 2 nitrogen and oxygen atoms in total. The smallest absolute Gasteiger partial charge is 0.404 e. The fourth-order valence-corrected chi connectivity index (χ4v) is 1.82. The van der Waals surface area contributed by atoms with Crippen molar-refractivity contribution in [3.8, 4) is 0 Å². The van der Waals surface area contributed by atoms with E-state index in [-0.39, 0.29) is 0 Å². The first-order chi connectivity index (χ1) is 6.89. The van der Waals surface area contributed by atoms with Gasteiger partial charge in [0.1, 0.15) is 5.60 Å². The number of carbonyl (C=O) groups is 1. The third-order valence-corrected chi connectivity index (χ3v) is 2.51. The summed E-state index contributed by atoms with van der Waals surface area (Å²) in [5.74, 6) is 0. The van der Waals surface area contributed by atoms with Crippen LogP contribution in [0.4, 0.5) is 4.79 Å². The largest absolute Gasteiger partial charge is 0.447 e. The molecule has 0 N–H and O–H groups in total. The van der Waals surface area contributed by atoms with Gasteiger partial charge in [0.15, 0.2) is 0 Å². The molecule has 0 fully saturated rings. The summed E-state index contributed by atoms with van der Waals surface area (Å²) in [4.78, 5) is 10.6. The SMILES string of the molecule is CC(C)(Cc1ccc(Br)cc1)OC(=O)Cl. The predicted octanol–water partition coefficient (Wildman–Crippen LogP) is 4.15. The molecule has 0 aliphatic heterocycles. The second-order valence-corrected chi connectivity index (χ2v) is 5.13. The van der Waals surface area contributed by atoms with Crippen molar-refractivity contribution in [3.63, 3.8) is 0 Å². The maximum absolute atomic E-state index is 10.6. The molecule has 0 aliphatic rings. The minimum atomic E-state index is -0.767. The summed E-state index contributed by atoms with van der Waals surface area (Å²) < 4.78 is 6.01. The second-order valence-electron chi connectivity index (χ2n) is 3.90. The maximum Gasteiger partial charge on any atom is 0.404 e. The van der Waals surface area contributed by atoms with E-state index in [9.17, 15) is 4.79 Å². The van der Waals surface area contributed by atoms with E-state index in [2.05, 4.69) is 15.9 Å². The summed E-state index contributed by atoms with van der Waals surface area (Å²) in [6, 6.07) is 7.86. The van der Waals surface area contributed by atoms with Gasteiger partial charge in [-0.3, -0.25) is 0 Å². The van der Waals surface area contributed by atoms with E-state index < -0.39 is 11.0 Å². The van der Waals surface area contributed by atoms with Crippen molar-refractivity contribution in [2.45, 2.75) is 25.9 Å². The molecule has 0 saturated carbocycles. The first kappa shape index (κ1) is 12.5. The lowest BCUT2D eigenvalue weighted by molar-refractivity contribution is 0.0577. The van der Waals surface area contributed by atoms with Crippen LogP contribution in [0, 0.1) is 0 Å². The third kappa shape index (κ3) is 4.67. The Bertz CT molecular complexity index is 346. The van der Waals surface area contributed by atoms with Gasteiger partial charge >= 0.3 is 5.43 Å². The molecule has 0 aromatic heterocycles. The minimum absolute atomic E-state index is 0.577. The fraction of sp³-hybridized carbons (Fsp3) is 0.364. The molecule has 0 radical (unpaired) electrons. The molecule has 0 atom stereocenters. The zero-order chi connectivity index (χ0) is 11.5. The van der Waals surface area contributed by atoms with E-state index in [1.54, 1.807) is 0 Å². The summed E-state index contributed by atoms with van der Waals surface area (Å²) in [5, 5.41) is 0. The highest BCUT2D eigenvalue weighted by Gasteiger charge is 2.22. The summed E-state index contributed by atoms with van der Waals surface area (Å²) >= 11 is 8.54. The van der Waals surface area contributed by atoms with Crippen LogP contribution in [0.15, 0.2) is 28.7 Å². The van der Waals surface area contributed by atoms with Crippen molar-refractivity contribution in [3.05, 3.63) is 34.3 Å². The number of hydrogen-bond acceptors (Lipinski definition) is 2. The van der Waals surface area contributed by atoms with Crippen LogP contribution in [-0.2, 0) is 11.2 Å². The summed E-state index contributed by atoms with van der Waals surface area (Å²) in [6.45, 7) is 3.66. The van der Waals surface area contributed by atoms with E-state index in [0.29, 0.717) is 6.42 Å². The summed E-state index contributed by atoms with van der Waals surface area (Å²) in [5.41, 5.74) is -0.245. The van der Waals surface area contributed by atoms with E-state index >= 15 is 0 Å². The Morgan fingerprint density at radius 2 is 1.93 bits per heavy atom. The molecule has 4 heteroatoms. The number of rotatable bonds is 3. The van der Waals surface area contributed by atoms with Gasteiger partial charge in [-0.2, -0.15) is 0 Å². The Hall–Kier alpha value is -0.540. The molecule has 1 aromatic carbocycles. The molecule has 0 bridgehead atoms. The first-order valence-electron chi connectivity index (χ1n) is 4.52.